The second-order valence-corrected chi connectivity index (χ2v) is 17.7. The lowest BCUT2D eigenvalue weighted by molar-refractivity contribution is -0.283. The van der Waals surface area contributed by atoms with Gasteiger partial charge in [0.05, 0.1) is 70.3 Å². The van der Waals surface area contributed by atoms with E-state index >= 15 is 0 Å². The maximum Gasteiger partial charge on any atom is 0.186 e. The summed E-state index contributed by atoms with van der Waals surface area (Å²) in [7, 11) is 1.65. The van der Waals surface area contributed by atoms with Crippen molar-refractivity contribution in [3.05, 3.63) is 215 Å². The molecule has 0 aliphatic carbocycles. The minimum Gasteiger partial charge on any atom is -0.374 e. The molecule has 0 spiro atoms. The number of hydrogen-bond donors (Lipinski definition) is 0. The highest BCUT2D eigenvalue weighted by Gasteiger charge is 2.51. The van der Waals surface area contributed by atoms with Crippen molar-refractivity contribution in [3.63, 3.8) is 0 Å². The van der Waals surface area contributed by atoms with Crippen LogP contribution in [0.5, 0.6) is 0 Å². The van der Waals surface area contributed by atoms with Crippen molar-refractivity contribution in [3.8, 4) is 0 Å². The van der Waals surface area contributed by atoms with Crippen LogP contribution in [0.1, 0.15) is 39.8 Å². The normalized spacial score (nSPS) is 24.4. The largest absolute Gasteiger partial charge is 0.374 e. The van der Waals surface area contributed by atoms with E-state index < -0.39 is 36.8 Å². The third kappa shape index (κ3) is 14.2. The first-order chi connectivity index (χ1) is 32.2. The SMILES string of the molecule is COC1OC(COCc2ccccc2)[C@H](S[C@H]2C[C@@H](OCc3ccccc3)[C@H](OCc3ccccc3)C(COCc3ccccc3)O2)C(OCc2ccccc2)C1OCc1ccccc1. The van der Waals surface area contributed by atoms with Crippen LogP contribution in [0.3, 0.4) is 0 Å². The molecule has 0 aromatic heterocycles. The van der Waals surface area contributed by atoms with Gasteiger partial charge in [0.2, 0.25) is 0 Å². The molecule has 2 aliphatic heterocycles. The van der Waals surface area contributed by atoms with Gasteiger partial charge in [-0.1, -0.05) is 182 Å². The van der Waals surface area contributed by atoms with E-state index in [1.807, 2.05) is 109 Å². The molecule has 2 heterocycles. The van der Waals surface area contributed by atoms with Gasteiger partial charge in [0.15, 0.2) is 6.29 Å². The highest BCUT2D eigenvalue weighted by molar-refractivity contribution is 8.00. The summed E-state index contributed by atoms with van der Waals surface area (Å²) in [4.78, 5) is 0. The number of hydrogen-bond acceptors (Lipinski definition) is 10. The summed E-state index contributed by atoms with van der Waals surface area (Å²) in [5.41, 5.74) is 6.02. The predicted octanol–water partition coefficient (Wildman–Crippen LogP) is 10.3. The lowest BCUT2D eigenvalue weighted by Gasteiger charge is -2.48. The van der Waals surface area contributed by atoms with Gasteiger partial charge in [0.1, 0.15) is 29.9 Å². The van der Waals surface area contributed by atoms with Gasteiger partial charge in [-0.2, -0.15) is 0 Å². The fourth-order valence-corrected chi connectivity index (χ4v) is 9.77. The van der Waals surface area contributed by atoms with Crippen LogP contribution >= 0.6 is 11.8 Å². The monoisotopic (exact) mass is 896 g/mol. The molecule has 340 valence electrons. The van der Waals surface area contributed by atoms with Crippen molar-refractivity contribution < 1.29 is 42.6 Å². The minimum atomic E-state index is -0.731. The van der Waals surface area contributed by atoms with Gasteiger partial charge < -0.3 is 42.6 Å². The van der Waals surface area contributed by atoms with Gasteiger partial charge in [-0.25, -0.2) is 0 Å². The zero-order valence-corrected chi connectivity index (χ0v) is 37.8. The molecule has 0 N–H and O–H groups in total. The van der Waals surface area contributed by atoms with E-state index in [2.05, 4.69) is 72.8 Å². The summed E-state index contributed by atoms with van der Waals surface area (Å²) >= 11 is 1.67. The second kappa shape index (κ2) is 25.3. The molecule has 9 nitrogen and oxygen atoms in total. The third-order valence-electron chi connectivity index (χ3n) is 11.6. The Balaban J connectivity index is 1.10. The average Bonchev–Trinajstić information content (AvgIpc) is 3.36. The molecule has 0 amide bonds. The first-order valence-corrected chi connectivity index (χ1v) is 23.5. The summed E-state index contributed by atoms with van der Waals surface area (Å²) in [5, 5.41) is -0.325. The van der Waals surface area contributed by atoms with Gasteiger partial charge in [-0.3, -0.25) is 0 Å². The molecule has 9 atom stereocenters. The number of methoxy groups -OCH3 is 1. The van der Waals surface area contributed by atoms with Crippen molar-refractivity contribution in [2.24, 2.45) is 0 Å². The van der Waals surface area contributed by atoms with E-state index in [1.165, 1.54) is 0 Å². The first kappa shape index (κ1) is 46.8. The predicted molar refractivity (Wildman–Crippen MR) is 253 cm³/mol. The third-order valence-corrected chi connectivity index (χ3v) is 13.1. The Morgan fingerprint density at radius 3 is 1.22 bits per heavy atom. The topological polar surface area (TPSA) is 83.1 Å². The maximum absolute atomic E-state index is 7.17. The van der Waals surface area contributed by atoms with Crippen LogP contribution in [-0.2, 0) is 82.3 Å². The quantitative estimate of drug-likeness (QED) is 0.0620. The van der Waals surface area contributed by atoms with E-state index in [9.17, 15) is 0 Å². The van der Waals surface area contributed by atoms with Crippen LogP contribution in [0, 0.1) is 0 Å². The Kier molecular flexibility index (Phi) is 18.2. The molecule has 2 fully saturated rings. The van der Waals surface area contributed by atoms with Gasteiger partial charge in [0, 0.05) is 13.5 Å². The lowest BCUT2D eigenvalue weighted by Crippen LogP contribution is -2.60. The van der Waals surface area contributed by atoms with Crippen molar-refractivity contribution >= 4 is 11.8 Å². The Morgan fingerprint density at radius 1 is 0.415 bits per heavy atom. The molecule has 0 radical (unpaired) electrons. The fourth-order valence-electron chi connectivity index (χ4n) is 8.21. The Bertz CT molecular complexity index is 2190. The minimum absolute atomic E-state index is 0.288. The maximum atomic E-state index is 7.17. The Hall–Kier alpha value is -4.69. The fraction of sp³-hybridized carbons (Fsp3) is 0.345. The molecule has 8 rings (SSSR count). The van der Waals surface area contributed by atoms with E-state index in [-0.39, 0.29) is 23.4 Å². The molecule has 0 bridgehead atoms. The highest BCUT2D eigenvalue weighted by atomic mass is 32.2. The van der Waals surface area contributed by atoms with E-state index in [1.54, 1.807) is 18.9 Å². The summed E-state index contributed by atoms with van der Waals surface area (Å²) in [5.74, 6) is 0. The molecule has 10 heteroatoms. The molecular weight excluding hydrogens is 837 g/mol. The van der Waals surface area contributed by atoms with Crippen molar-refractivity contribution in [1.29, 1.82) is 0 Å². The molecular formula is C55H60O9S. The molecule has 2 saturated heterocycles. The summed E-state index contributed by atoms with van der Waals surface area (Å²) in [6.07, 6.45) is -2.98. The van der Waals surface area contributed by atoms with Crippen molar-refractivity contribution in [2.45, 2.75) is 99.7 Å². The second-order valence-electron chi connectivity index (χ2n) is 16.3. The number of rotatable bonds is 23. The van der Waals surface area contributed by atoms with Crippen LogP contribution in [-0.4, -0.2) is 73.9 Å². The van der Waals surface area contributed by atoms with Crippen LogP contribution < -0.4 is 0 Å². The van der Waals surface area contributed by atoms with E-state index in [4.69, 9.17) is 42.6 Å². The van der Waals surface area contributed by atoms with Crippen molar-refractivity contribution in [2.75, 3.05) is 20.3 Å². The average molecular weight is 897 g/mol. The smallest absolute Gasteiger partial charge is 0.186 e. The molecule has 6 aromatic rings. The van der Waals surface area contributed by atoms with Gasteiger partial charge in [-0.05, 0) is 33.4 Å². The van der Waals surface area contributed by atoms with Crippen molar-refractivity contribution in [1.82, 2.24) is 0 Å². The number of benzene rings is 6. The summed E-state index contributed by atoms with van der Waals surface area (Å²) in [6, 6.07) is 61.2. The van der Waals surface area contributed by atoms with Crippen LogP contribution in [0.25, 0.3) is 0 Å². The molecule has 2 aliphatic rings. The summed E-state index contributed by atoms with van der Waals surface area (Å²) in [6.45, 7) is 2.98. The molecule has 65 heavy (non-hydrogen) atoms. The Labute approximate surface area is 388 Å². The van der Waals surface area contributed by atoms with E-state index in [0.717, 1.165) is 33.4 Å². The first-order valence-electron chi connectivity index (χ1n) is 22.5. The zero-order valence-electron chi connectivity index (χ0n) is 37.0. The van der Waals surface area contributed by atoms with Crippen LogP contribution in [0.2, 0.25) is 0 Å². The van der Waals surface area contributed by atoms with Crippen LogP contribution in [0.4, 0.5) is 0 Å². The number of ether oxygens (including phenoxy) is 9. The van der Waals surface area contributed by atoms with E-state index in [0.29, 0.717) is 52.7 Å². The zero-order chi connectivity index (χ0) is 44.3. The Morgan fingerprint density at radius 2 is 0.785 bits per heavy atom. The van der Waals surface area contributed by atoms with Gasteiger partial charge in [-0.15, -0.1) is 11.8 Å². The lowest BCUT2D eigenvalue weighted by atomic mass is 10.0. The summed E-state index contributed by atoms with van der Waals surface area (Å²) < 4.78 is 60.6. The van der Waals surface area contributed by atoms with Gasteiger partial charge >= 0.3 is 0 Å². The standard InChI is InChI=1S/C55H60O9S/c1-56-55-53(62-38-46-30-18-7-19-31-46)52(61-37-45-28-16-6-17-29-45)54(49(64-55)40-58-34-42-22-10-3-11-23-42)65-50-32-47(59-35-43-24-12-4-13-25-43)51(60-36-44-26-14-5-15-27-44)48(63-50)39-57-33-41-20-8-2-9-21-41/h2-31,47-55H,32-40H2,1H3/t47-,48?,49?,50+,51+,52?,53?,54+,55?/m1/s1. The van der Waals surface area contributed by atoms with Gasteiger partial charge in [0.25, 0.3) is 0 Å². The number of thioether (sulfide) groups is 1. The molecule has 5 unspecified atom stereocenters. The molecule has 0 saturated carbocycles. The molecule has 6 aromatic carbocycles. The van der Waals surface area contributed by atoms with Crippen LogP contribution in [0.15, 0.2) is 182 Å². The highest BCUT2D eigenvalue weighted by Crippen LogP contribution is 2.42.